The van der Waals surface area contributed by atoms with Crippen molar-refractivity contribution < 1.29 is 4.74 Å². The summed E-state index contributed by atoms with van der Waals surface area (Å²) >= 11 is 0. The van der Waals surface area contributed by atoms with Gasteiger partial charge in [-0.2, -0.15) is 0 Å². The zero-order valence-corrected chi connectivity index (χ0v) is 11.5. The molecule has 2 aliphatic heterocycles. The molecule has 0 amide bonds. The first kappa shape index (κ1) is 12.9. The third-order valence-electron chi connectivity index (χ3n) is 5.35. The lowest BCUT2D eigenvalue weighted by atomic mass is 9.94. The van der Waals surface area contributed by atoms with Crippen LogP contribution in [0.25, 0.3) is 0 Å². The van der Waals surface area contributed by atoms with Gasteiger partial charge in [0.15, 0.2) is 0 Å². The number of hydrogen-bond donors (Lipinski definition) is 1. The lowest BCUT2D eigenvalue weighted by Gasteiger charge is -2.38. The highest BCUT2D eigenvalue weighted by Gasteiger charge is 2.40. The van der Waals surface area contributed by atoms with Gasteiger partial charge in [-0.1, -0.05) is 12.8 Å². The van der Waals surface area contributed by atoms with Crippen LogP contribution in [0.5, 0.6) is 0 Å². The van der Waals surface area contributed by atoms with Crippen LogP contribution in [0.1, 0.15) is 51.4 Å². The second-order valence-electron chi connectivity index (χ2n) is 6.35. The molecule has 2 saturated heterocycles. The molecule has 3 atom stereocenters. The monoisotopic (exact) mass is 252 g/mol. The highest BCUT2D eigenvalue weighted by molar-refractivity contribution is 4.94. The summed E-state index contributed by atoms with van der Waals surface area (Å²) in [6.45, 7) is 2.97. The summed E-state index contributed by atoms with van der Waals surface area (Å²) in [7, 11) is 0. The number of nitrogens with two attached hydrogens (primary N) is 1. The molecule has 1 aliphatic carbocycles. The van der Waals surface area contributed by atoms with Gasteiger partial charge in [-0.3, -0.25) is 4.90 Å². The van der Waals surface area contributed by atoms with Crippen molar-refractivity contribution in [2.75, 3.05) is 19.7 Å². The fourth-order valence-electron chi connectivity index (χ4n) is 4.48. The topological polar surface area (TPSA) is 38.5 Å². The minimum absolute atomic E-state index is 0.414. The molecule has 0 aromatic rings. The highest BCUT2D eigenvalue weighted by atomic mass is 16.5. The van der Waals surface area contributed by atoms with Crippen molar-refractivity contribution in [2.24, 2.45) is 11.7 Å². The molecule has 0 aromatic carbocycles. The molecule has 3 fully saturated rings. The van der Waals surface area contributed by atoms with Crippen LogP contribution >= 0.6 is 0 Å². The fourth-order valence-corrected chi connectivity index (χ4v) is 4.48. The van der Waals surface area contributed by atoms with Crippen LogP contribution in [0, 0.1) is 5.92 Å². The third-order valence-corrected chi connectivity index (χ3v) is 5.35. The van der Waals surface area contributed by atoms with Crippen molar-refractivity contribution in [2.45, 2.75) is 69.6 Å². The van der Waals surface area contributed by atoms with Gasteiger partial charge in [0.25, 0.3) is 0 Å². The maximum Gasteiger partial charge on any atom is 0.0743 e. The molecule has 1 saturated carbocycles. The summed E-state index contributed by atoms with van der Waals surface area (Å²) < 4.78 is 5.91. The molecule has 0 aromatic heterocycles. The molecule has 3 unspecified atom stereocenters. The lowest BCUT2D eigenvalue weighted by molar-refractivity contribution is 0.0120. The van der Waals surface area contributed by atoms with Crippen molar-refractivity contribution in [3.8, 4) is 0 Å². The molecule has 3 aliphatic rings. The third kappa shape index (κ3) is 2.45. The Morgan fingerprint density at radius 3 is 2.56 bits per heavy atom. The zero-order chi connectivity index (χ0) is 12.4. The molecule has 2 heterocycles. The van der Waals surface area contributed by atoms with Gasteiger partial charge in [0.1, 0.15) is 0 Å². The predicted molar refractivity (Wildman–Crippen MR) is 73.5 cm³/mol. The summed E-state index contributed by atoms with van der Waals surface area (Å²) in [5.41, 5.74) is 6.07. The van der Waals surface area contributed by atoms with Gasteiger partial charge in [0.05, 0.1) is 6.10 Å². The van der Waals surface area contributed by atoms with Crippen molar-refractivity contribution in [1.82, 2.24) is 4.90 Å². The Balaban J connectivity index is 1.67. The Bertz CT molecular complexity index is 259. The van der Waals surface area contributed by atoms with Crippen molar-refractivity contribution in [1.29, 1.82) is 0 Å². The molecule has 3 nitrogen and oxygen atoms in total. The first-order valence-electron chi connectivity index (χ1n) is 7.97. The van der Waals surface area contributed by atoms with E-state index in [4.69, 9.17) is 10.5 Å². The van der Waals surface area contributed by atoms with Crippen LogP contribution in [0.3, 0.4) is 0 Å². The highest BCUT2D eigenvalue weighted by Crippen LogP contribution is 2.37. The fraction of sp³-hybridized carbons (Fsp3) is 1.00. The van der Waals surface area contributed by atoms with Gasteiger partial charge in [-0.25, -0.2) is 0 Å². The van der Waals surface area contributed by atoms with Crippen molar-refractivity contribution in [3.05, 3.63) is 0 Å². The largest absolute Gasteiger partial charge is 0.377 e. The predicted octanol–water partition coefficient (Wildman–Crippen LogP) is 2.15. The molecule has 3 rings (SSSR count). The molecule has 0 bridgehead atoms. The Kier molecular flexibility index (Phi) is 4.22. The van der Waals surface area contributed by atoms with E-state index in [2.05, 4.69) is 4.90 Å². The van der Waals surface area contributed by atoms with Crippen LogP contribution in [0.15, 0.2) is 0 Å². The minimum Gasteiger partial charge on any atom is -0.377 e. The van der Waals surface area contributed by atoms with Gasteiger partial charge in [-0.15, -0.1) is 0 Å². The van der Waals surface area contributed by atoms with Gasteiger partial charge in [-0.05, 0) is 51.0 Å². The van der Waals surface area contributed by atoms with E-state index >= 15 is 0 Å². The Hall–Kier alpha value is -0.120. The molecule has 104 valence electrons. The van der Waals surface area contributed by atoms with E-state index in [0.29, 0.717) is 12.1 Å². The summed E-state index contributed by atoms with van der Waals surface area (Å²) in [6, 6.07) is 1.30. The first-order chi connectivity index (χ1) is 8.90. The maximum absolute atomic E-state index is 6.07. The average molecular weight is 252 g/mol. The van der Waals surface area contributed by atoms with E-state index in [1.165, 1.54) is 57.9 Å². The molecule has 0 radical (unpaired) electrons. The molecular weight excluding hydrogens is 224 g/mol. The Morgan fingerprint density at radius 1 is 1.06 bits per heavy atom. The number of likely N-dealkylation sites (tertiary alicyclic amines) is 1. The van der Waals surface area contributed by atoms with Crippen LogP contribution in [0.4, 0.5) is 0 Å². The normalized spacial score (nSPS) is 36.5. The second kappa shape index (κ2) is 5.89. The number of hydrogen-bond acceptors (Lipinski definition) is 3. The average Bonchev–Trinajstić information content (AvgIpc) is 3.13. The number of nitrogens with zero attached hydrogens (tertiary/aromatic N) is 1. The van der Waals surface area contributed by atoms with Crippen LogP contribution < -0.4 is 5.73 Å². The summed E-state index contributed by atoms with van der Waals surface area (Å²) in [4.78, 5) is 2.73. The minimum atomic E-state index is 0.414. The quantitative estimate of drug-likeness (QED) is 0.833. The van der Waals surface area contributed by atoms with E-state index in [9.17, 15) is 0 Å². The van der Waals surface area contributed by atoms with Crippen molar-refractivity contribution in [3.63, 3.8) is 0 Å². The van der Waals surface area contributed by atoms with Crippen LogP contribution in [0.2, 0.25) is 0 Å². The van der Waals surface area contributed by atoms with Crippen LogP contribution in [-0.4, -0.2) is 42.8 Å². The zero-order valence-electron chi connectivity index (χ0n) is 11.5. The number of ether oxygens (including phenoxy) is 1. The van der Waals surface area contributed by atoms with E-state index in [1.54, 1.807) is 0 Å². The summed E-state index contributed by atoms with van der Waals surface area (Å²) in [6.07, 6.45) is 11.4. The van der Waals surface area contributed by atoms with E-state index in [1.807, 2.05) is 0 Å². The van der Waals surface area contributed by atoms with Gasteiger partial charge in [0.2, 0.25) is 0 Å². The first-order valence-corrected chi connectivity index (χ1v) is 7.97. The summed E-state index contributed by atoms with van der Waals surface area (Å²) in [5.74, 6) is 0.947. The molecular formula is C15H28N2O. The van der Waals surface area contributed by atoms with Crippen LogP contribution in [-0.2, 0) is 4.74 Å². The van der Waals surface area contributed by atoms with E-state index < -0.39 is 0 Å². The maximum atomic E-state index is 6.07. The summed E-state index contributed by atoms with van der Waals surface area (Å²) in [5, 5.41) is 0. The number of rotatable bonds is 4. The molecule has 3 heteroatoms. The van der Waals surface area contributed by atoms with Gasteiger partial charge >= 0.3 is 0 Å². The van der Waals surface area contributed by atoms with Gasteiger partial charge in [0, 0.05) is 25.2 Å². The molecule has 2 N–H and O–H groups in total. The Labute approximate surface area is 111 Å². The van der Waals surface area contributed by atoms with E-state index in [0.717, 1.165) is 25.1 Å². The van der Waals surface area contributed by atoms with E-state index in [-0.39, 0.29) is 0 Å². The lowest BCUT2D eigenvalue weighted by Crippen LogP contribution is -2.51. The van der Waals surface area contributed by atoms with Crippen molar-refractivity contribution >= 4 is 0 Å². The second-order valence-corrected chi connectivity index (χ2v) is 6.35. The standard InChI is InChI=1S/C15H28N2O/c16-11-14(15-8-4-10-18-15)17-9-3-7-13(17)12-5-1-2-6-12/h12-15H,1-11,16H2. The SMILES string of the molecule is NCC(C1CCCO1)N1CCCC1C1CCCC1. The molecule has 0 spiro atoms. The van der Waals surface area contributed by atoms with Gasteiger partial charge < -0.3 is 10.5 Å². The Morgan fingerprint density at radius 2 is 1.89 bits per heavy atom. The smallest absolute Gasteiger partial charge is 0.0743 e. The molecule has 18 heavy (non-hydrogen) atoms.